The fraction of sp³-hybridized carbons (Fsp3) is 0. The fourth-order valence-corrected chi connectivity index (χ4v) is 2.01. The molecule has 0 spiro atoms. The topological polar surface area (TPSA) is 80.4 Å². The average Bonchev–Trinajstić information content (AvgIpc) is 2.55. The van der Waals surface area contributed by atoms with Gasteiger partial charge in [0.1, 0.15) is 0 Å². The second-order valence-electron chi connectivity index (χ2n) is 4.75. The molecule has 3 N–H and O–H groups in total. The van der Waals surface area contributed by atoms with E-state index in [-0.39, 0.29) is 5.91 Å². The van der Waals surface area contributed by atoms with Crippen LogP contribution < -0.4 is 11.2 Å². The third kappa shape index (κ3) is 3.09. The van der Waals surface area contributed by atoms with Crippen LogP contribution in [0.1, 0.15) is 16.1 Å². The van der Waals surface area contributed by atoms with E-state index in [0.717, 1.165) is 10.9 Å². The quantitative estimate of drug-likeness (QED) is 0.442. The standard InChI is InChI=1S/C17H14N4O/c18-14-8-5-13(6-9-14)17(22)21-19-11-15-10-7-12-3-1-2-4-16(12)20-15/h1-11H,18H2,(H,21,22). The summed E-state index contributed by atoms with van der Waals surface area (Å²) < 4.78 is 0. The number of carbonyl (C=O) groups excluding carboxylic acids is 1. The Morgan fingerprint density at radius 1 is 1.05 bits per heavy atom. The van der Waals surface area contributed by atoms with E-state index in [1.165, 1.54) is 6.21 Å². The molecular formula is C17H14N4O. The van der Waals surface area contributed by atoms with Gasteiger partial charge in [0.2, 0.25) is 0 Å². The van der Waals surface area contributed by atoms with E-state index in [1.54, 1.807) is 24.3 Å². The summed E-state index contributed by atoms with van der Waals surface area (Å²) in [4.78, 5) is 16.3. The van der Waals surface area contributed by atoms with Gasteiger partial charge in [-0.15, -0.1) is 0 Å². The molecule has 3 rings (SSSR count). The molecule has 108 valence electrons. The van der Waals surface area contributed by atoms with Crippen LogP contribution in [0.25, 0.3) is 10.9 Å². The van der Waals surface area contributed by atoms with Crippen molar-refractivity contribution in [2.75, 3.05) is 5.73 Å². The number of anilines is 1. The molecule has 1 amide bonds. The van der Waals surface area contributed by atoms with Gasteiger partial charge in [-0.2, -0.15) is 5.10 Å². The highest BCUT2D eigenvalue weighted by Crippen LogP contribution is 2.10. The Balaban J connectivity index is 1.70. The average molecular weight is 290 g/mol. The van der Waals surface area contributed by atoms with Crippen molar-refractivity contribution in [1.82, 2.24) is 10.4 Å². The Morgan fingerprint density at radius 2 is 1.82 bits per heavy atom. The third-order valence-corrected chi connectivity index (χ3v) is 3.16. The smallest absolute Gasteiger partial charge is 0.271 e. The largest absolute Gasteiger partial charge is 0.399 e. The van der Waals surface area contributed by atoms with Crippen molar-refractivity contribution in [3.05, 3.63) is 71.9 Å². The molecule has 0 saturated heterocycles. The Bertz CT molecular complexity index is 841. The van der Waals surface area contributed by atoms with Gasteiger partial charge in [0.15, 0.2) is 0 Å². The van der Waals surface area contributed by atoms with E-state index >= 15 is 0 Å². The minimum absolute atomic E-state index is 0.294. The second-order valence-corrected chi connectivity index (χ2v) is 4.75. The number of amides is 1. The summed E-state index contributed by atoms with van der Waals surface area (Å²) in [5, 5.41) is 4.99. The van der Waals surface area contributed by atoms with Gasteiger partial charge >= 0.3 is 0 Å². The van der Waals surface area contributed by atoms with Crippen LogP contribution in [-0.4, -0.2) is 17.1 Å². The number of nitrogens with zero attached hydrogens (tertiary/aromatic N) is 2. The number of pyridine rings is 1. The zero-order valence-electron chi connectivity index (χ0n) is 11.7. The molecule has 0 atom stereocenters. The number of nitrogen functional groups attached to an aromatic ring is 1. The molecule has 0 aliphatic heterocycles. The van der Waals surface area contributed by atoms with Crippen LogP contribution >= 0.6 is 0 Å². The first-order chi connectivity index (χ1) is 10.7. The summed E-state index contributed by atoms with van der Waals surface area (Å²) in [6, 6.07) is 18.3. The number of fused-ring (bicyclic) bond motifs is 1. The van der Waals surface area contributed by atoms with E-state index in [9.17, 15) is 4.79 Å². The zero-order chi connectivity index (χ0) is 15.4. The van der Waals surface area contributed by atoms with Crippen LogP contribution in [0.5, 0.6) is 0 Å². The lowest BCUT2D eigenvalue weighted by molar-refractivity contribution is 0.0955. The number of hydrazone groups is 1. The van der Waals surface area contributed by atoms with Crippen LogP contribution in [0.4, 0.5) is 5.69 Å². The molecule has 0 fully saturated rings. The maximum Gasteiger partial charge on any atom is 0.271 e. The van der Waals surface area contributed by atoms with Crippen LogP contribution in [0.3, 0.4) is 0 Å². The Hall–Kier alpha value is -3.21. The highest BCUT2D eigenvalue weighted by molar-refractivity contribution is 5.95. The molecule has 2 aromatic carbocycles. The van der Waals surface area contributed by atoms with Gasteiger partial charge in [0.05, 0.1) is 17.4 Å². The minimum atomic E-state index is -0.294. The molecular weight excluding hydrogens is 276 g/mol. The number of carbonyl (C=O) groups is 1. The minimum Gasteiger partial charge on any atom is -0.399 e. The molecule has 5 nitrogen and oxygen atoms in total. The van der Waals surface area contributed by atoms with Crippen molar-refractivity contribution >= 4 is 28.7 Å². The van der Waals surface area contributed by atoms with Crippen LogP contribution in [0.2, 0.25) is 0 Å². The molecule has 5 heteroatoms. The van der Waals surface area contributed by atoms with Gasteiger partial charge in [-0.3, -0.25) is 4.79 Å². The Kier molecular flexibility index (Phi) is 3.78. The molecule has 0 saturated carbocycles. The molecule has 0 radical (unpaired) electrons. The lowest BCUT2D eigenvalue weighted by Gasteiger charge is -2.00. The summed E-state index contributed by atoms with van der Waals surface area (Å²) in [7, 11) is 0. The number of benzene rings is 2. The van der Waals surface area contributed by atoms with Gasteiger partial charge in [-0.1, -0.05) is 24.3 Å². The number of hydrogen-bond acceptors (Lipinski definition) is 4. The van der Waals surface area contributed by atoms with E-state index in [2.05, 4.69) is 15.5 Å². The van der Waals surface area contributed by atoms with Crippen molar-refractivity contribution in [3.63, 3.8) is 0 Å². The fourth-order valence-electron chi connectivity index (χ4n) is 2.01. The third-order valence-electron chi connectivity index (χ3n) is 3.16. The summed E-state index contributed by atoms with van der Waals surface area (Å²) in [5.74, 6) is -0.294. The van der Waals surface area contributed by atoms with Crippen molar-refractivity contribution in [2.45, 2.75) is 0 Å². The number of hydrogen-bond donors (Lipinski definition) is 2. The SMILES string of the molecule is Nc1ccc(C(=O)NN=Cc2ccc3ccccc3n2)cc1. The lowest BCUT2D eigenvalue weighted by atomic mass is 10.2. The normalized spacial score (nSPS) is 10.9. The Morgan fingerprint density at radius 3 is 2.64 bits per heavy atom. The number of para-hydroxylation sites is 1. The second kappa shape index (κ2) is 6.05. The first-order valence-electron chi connectivity index (χ1n) is 6.77. The molecule has 0 aliphatic rings. The molecule has 3 aromatic rings. The van der Waals surface area contributed by atoms with Crippen LogP contribution in [0, 0.1) is 0 Å². The van der Waals surface area contributed by atoms with E-state index < -0.39 is 0 Å². The van der Waals surface area contributed by atoms with Crippen molar-refractivity contribution in [1.29, 1.82) is 0 Å². The summed E-state index contributed by atoms with van der Waals surface area (Å²) in [6.45, 7) is 0. The highest BCUT2D eigenvalue weighted by atomic mass is 16.2. The van der Waals surface area contributed by atoms with Crippen molar-refractivity contribution in [3.8, 4) is 0 Å². The van der Waals surface area contributed by atoms with E-state index in [0.29, 0.717) is 16.9 Å². The zero-order valence-corrected chi connectivity index (χ0v) is 11.7. The maximum atomic E-state index is 11.9. The monoisotopic (exact) mass is 290 g/mol. The van der Waals surface area contributed by atoms with Gasteiger partial charge in [0, 0.05) is 16.6 Å². The van der Waals surface area contributed by atoms with Gasteiger partial charge < -0.3 is 5.73 Å². The maximum absolute atomic E-state index is 11.9. The predicted octanol–water partition coefficient (Wildman–Crippen LogP) is 2.58. The predicted molar refractivity (Wildman–Crippen MR) is 87.7 cm³/mol. The summed E-state index contributed by atoms with van der Waals surface area (Å²) in [5.41, 5.74) is 10.7. The molecule has 1 aromatic heterocycles. The summed E-state index contributed by atoms with van der Waals surface area (Å²) >= 11 is 0. The van der Waals surface area contributed by atoms with E-state index in [1.807, 2.05) is 36.4 Å². The highest BCUT2D eigenvalue weighted by Gasteiger charge is 2.03. The first kappa shape index (κ1) is 13.8. The number of rotatable bonds is 3. The molecule has 22 heavy (non-hydrogen) atoms. The van der Waals surface area contributed by atoms with Gasteiger partial charge in [-0.25, -0.2) is 10.4 Å². The molecule has 1 heterocycles. The van der Waals surface area contributed by atoms with Crippen molar-refractivity contribution < 1.29 is 4.79 Å². The number of nitrogens with one attached hydrogen (secondary N) is 1. The van der Waals surface area contributed by atoms with E-state index in [4.69, 9.17) is 5.73 Å². The molecule has 0 aliphatic carbocycles. The first-order valence-corrected chi connectivity index (χ1v) is 6.77. The van der Waals surface area contributed by atoms with Gasteiger partial charge in [0.25, 0.3) is 5.91 Å². The number of aromatic nitrogens is 1. The molecule has 0 bridgehead atoms. The molecule has 0 unspecified atom stereocenters. The van der Waals surface area contributed by atoms with Crippen LogP contribution in [-0.2, 0) is 0 Å². The lowest BCUT2D eigenvalue weighted by Crippen LogP contribution is -2.17. The van der Waals surface area contributed by atoms with Crippen molar-refractivity contribution in [2.24, 2.45) is 5.10 Å². The number of nitrogens with two attached hydrogens (primary N) is 1. The van der Waals surface area contributed by atoms with Crippen LogP contribution in [0.15, 0.2) is 65.8 Å². The Labute approximate surface area is 127 Å². The van der Waals surface area contributed by atoms with Gasteiger partial charge in [-0.05, 0) is 36.4 Å². The summed E-state index contributed by atoms with van der Waals surface area (Å²) in [6.07, 6.45) is 1.52.